The normalized spacial score (nSPS) is 22.0. The van der Waals surface area contributed by atoms with Gasteiger partial charge in [-0.2, -0.15) is 8.42 Å². The van der Waals surface area contributed by atoms with E-state index in [9.17, 15) is 23.3 Å². The zero-order valence-corrected chi connectivity index (χ0v) is 40.1. The lowest BCUT2D eigenvalue weighted by molar-refractivity contribution is -0.389. The van der Waals surface area contributed by atoms with Crippen LogP contribution in [0.4, 0.5) is 17.2 Å². The number of anilines is 2. The number of pyridine rings is 2. The Hall–Kier alpha value is -5.78. The maximum atomic E-state index is 14.1. The Bertz CT molecular complexity index is 2810. The van der Waals surface area contributed by atoms with Gasteiger partial charge >= 0.3 is 15.8 Å². The van der Waals surface area contributed by atoms with Gasteiger partial charge in [0.1, 0.15) is 23.8 Å². The van der Waals surface area contributed by atoms with E-state index < -0.39 is 31.7 Å². The molecule has 10 rings (SSSR count). The van der Waals surface area contributed by atoms with Gasteiger partial charge in [-0.05, 0) is 126 Å². The maximum Gasteiger partial charge on any atom is 0.392 e. The number of amides is 1. The molecule has 3 aliphatic heterocycles. The number of hydrogen-bond donors (Lipinski definition) is 3. The van der Waals surface area contributed by atoms with Crippen LogP contribution in [-0.2, 0) is 14.8 Å². The molecular formula is C51H62N8O8S. The topological polar surface area (TPSA) is 194 Å². The summed E-state index contributed by atoms with van der Waals surface area (Å²) in [6.07, 6.45) is 12.7. The van der Waals surface area contributed by atoms with Crippen LogP contribution in [0.15, 0.2) is 78.1 Å². The zero-order chi connectivity index (χ0) is 47.4. The largest absolute Gasteiger partial charge is 0.489 e. The van der Waals surface area contributed by atoms with Crippen molar-refractivity contribution in [2.24, 2.45) is 16.7 Å². The second-order valence-corrected chi connectivity index (χ2v) is 22.5. The van der Waals surface area contributed by atoms with Gasteiger partial charge in [0, 0.05) is 55.1 Å². The van der Waals surface area contributed by atoms with Crippen LogP contribution in [-0.4, -0.2) is 90.6 Å². The molecule has 2 saturated carbocycles. The van der Waals surface area contributed by atoms with Crippen LogP contribution < -0.4 is 24.4 Å². The van der Waals surface area contributed by atoms with Crippen molar-refractivity contribution in [1.29, 1.82) is 0 Å². The number of morpholine rings is 1. The number of carbonyl (C=O) groups is 1. The van der Waals surface area contributed by atoms with E-state index in [0.717, 1.165) is 101 Å². The molecule has 0 radical (unpaired) electrons. The van der Waals surface area contributed by atoms with Crippen LogP contribution in [0.25, 0.3) is 11.0 Å². The van der Waals surface area contributed by atoms with Crippen molar-refractivity contribution in [3.8, 4) is 17.2 Å². The van der Waals surface area contributed by atoms with Gasteiger partial charge in [0.15, 0.2) is 11.4 Å². The summed E-state index contributed by atoms with van der Waals surface area (Å²) in [6, 6.07) is 19.2. The van der Waals surface area contributed by atoms with Crippen LogP contribution in [0.1, 0.15) is 119 Å². The molecule has 5 aliphatic rings. The predicted octanol–water partition coefficient (Wildman–Crippen LogP) is 9.50. The molecule has 1 amide bonds. The van der Waals surface area contributed by atoms with E-state index in [1.807, 2.05) is 6.07 Å². The van der Waals surface area contributed by atoms with Crippen molar-refractivity contribution in [2.75, 3.05) is 49.7 Å². The van der Waals surface area contributed by atoms with Crippen LogP contribution in [0.2, 0.25) is 0 Å². The highest BCUT2D eigenvalue weighted by Gasteiger charge is 2.50. The highest BCUT2D eigenvalue weighted by molar-refractivity contribution is 7.90. The molecule has 2 aliphatic carbocycles. The minimum Gasteiger partial charge on any atom is -0.489 e. The minimum absolute atomic E-state index is 0.0139. The molecule has 0 unspecified atom stereocenters. The number of nitrogens with zero attached hydrogens (tertiary/aromatic N) is 5. The van der Waals surface area contributed by atoms with Gasteiger partial charge < -0.3 is 39.5 Å². The van der Waals surface area contributed by atoms with E-state index in [1.54, 1.807) is 30.5 Å². The summed E-state index contributed by atoms with van der Waals surface area (Å²) in [7, 11) is -4.75. The van der Waals surface area contributed by atoms with E-state index in [1.165, 1.54) is 17.3 Å². The number of aromatic nitrogens is 3. The number of nitro groups is 1. The second-order valence-electron chi connectivity index (χ2n) is 20.9. The molecule has 5 aromatic rings. The molecule has 0 bridgehead atoms. The van der Waals surface area contributed by atoms with Crippen molar-refractivity contribution >= 4 is 44.2 Å². The van der Waals surface area contributed by atoms with E-state index in [0.29, 0.717) is 41.3 Å². The Morgan fingerprint density at radius 3 is 2.56 bits per heavy atom. The lowest BCUT2D eigenvalue weighted by Gasteiger charge is -2.57. The quantitative estimate of drug-likeness (QED) is 0.0792. The summed E-state index contributed by atoms with van der Waals surface area (Å²) < 4.78 is 48.4. The number of H-pyrrole nitrogens is 1. The Kier molecular flexibility index (Phi) is 12.4. The average molecular weight is 947 g/mol. The summed E-state index contributed by atoms with van der Waals surface area (Å²) in [5, 5.41) is 15.7. The number of rotatable bonds is 12. The first kappa shape index (κ1) is 46.0. The molecule has 4 fully saturated rings. The summed E-state index contributed by atoms with van der Waals surface area (Å²) in [5.41, 5.74) is 4.79. The average Bonchev–Trinajstić information content (AvgIpc) is 3.79. The number of fused-ring (bicyclic) bond motifs is 2. The number of nitrogens with one attached hydrogen (secondary N) is 3. The minimum atomic E-state index is -4.75. The molecule has 2 atom stereocenters. The number of benzene rings is 2. The molecule has 6 heterocycles. The summed E-state index contributed by atoms with van der Waals surface area (Å²) >= 11 is 0. The van der Waals surface area contributed by atoms with Crippen molar-refractivity contribution in [1.82, 2.24) is 24.6 Å². The molecule has 360 valence electrons. The first-order chi connectivity index (χ1) is 32.6. The highest BCUT2D eigenvalue weighted by Crippen LogP contribution is 2.53. The van der Waals surface area contributed by atoms with E-state index >= 15 is 0 Å². The van der Waals surface area contributed by atoms with Crippen LogP contribution in [0.3, 0.4) is 0 Å². The number of carbonyl (C=O) groups excluding carboxylic acids is 1. The molecule has 2 aromatic carbocycles. The van der Waals surface area contributed by atoms with Gasteiger partial charge in [-0.15, -0.1) is 0 Å². The van der Waals surface area contributed by atoms with Crippen molar-refractivity contribution < 1.29 is 32.3 Å². The Labute approximate surface area is 397 Å². The van der Waals surface area contributed by atoms with Gasteiger partial charge in [0.2, 0.25) is 0 Å². The lowest BCUT2D eigenvalue weighted by atomic mass is 9.59. The number of ether oxygens (including phenoxy) is 3. The summed E-state index contributed by atoms with van der Waals surface area (Å²) in [4.78, 5) is 42.2. The van der Waals surface area contributed by atoms with Crippen molar-refractivity contribution in [3.63, 3.8) is 0 Å². The monoisotopic (exact) mass is 946 g/mol. The number of piperidine rings is 1. The molecule has 68 heavy (non-hydrogen) atoms. The third-order valence-corrected chi connectivity index (χ3v) is 16.7. The smallest absolute Gasteiger partial charge is 0.392 e. The van der Waals surface area contributed by atoms with Gasteiger partial charge in [-0.25, -0.2) is 9.71 Å². The van der Waals surface area contributed by atoms with Crippen molar-refractivity contribution in [2.45, 2.75) is 115 Å². The number of aromatic amines is 1. The summed E-state index contributed by atoms with van der Waals surface area (Å²) in [5.74, 6) is -0.337. The van der Waals surface area contributed by atoms with Crippen LogP contribution in [0.5, 0.6) is 17.2 Å². The zero-order valence-electron chi connectivity index (χ0n) is 39.3. The predicted molar refractivity (Wildman–Crippen MR) is 259 cm³/mol. The molecular weight excluding hydrogens is 885 g/mol. The van der Waals surface area contributed by atoms with Gasteiger partial charge in [-0.1, -0.05) is 52.0 Å². The van der Waals surface area contributed by atoms with E-state index in [-0.39, 0.29) is 46.9 Å². The molecule has 3 aromatic heterocycles. The Morgan fingerprint density at radius 1 is 1.01 bits per heavy atom. The molecule has 1 spiro atoms. The maximum absolute atomic E-state index is 14.1. The molecule has 16 nitrogen and oxygen atoms in total. The molecule has 3 N–H and O–H groups in total. The summed E-state index contributed by atoms with van der Waals surface area (Å²) in [6.45, 7) is 13.3. The Balaban J connectivity index is 0.847. The van der Waals surface area contributed by atoms with Gasteiger partial charge in [0.05, 0.1) is 37.1 Å². The SMILES string of the molecule is CC(C)c1ccccc1[C@H]1COCCN1C1CC2(CCN(c3ccc(C(=O)NS(=O)(=O)c4cc5c(c([N+](=O)[O-])n4)N[C@@H](CC4CCC(C)(C)CC4)CO5)c(Oc4cnc5[nH]ccc5c4)c3)CC2)C1. The van der Waals surface area contributed by atoms with Gasteiger partial charge in [0.25, 0.3) is 10.9 Å². The van der Waals surface area contributed by atoms with Crippen LogP contribution >= 0.6 is 0 Å². The lowest BCUT2D eigenvalue weighted by Crippen LogP contribution is -2.58. The second kappa shape index (κ2) is 18.3. The molecule has 2 saturated heterocycles. The van der Waals surface area contributed by atoms with E-state index in [4.69, 9.17) is 14.2 Å². The fraction of sp³-hybridized carbons (Fsp3) is 0.510. The van der Waals surface area contributed by atoms with Gasteiger partial charge in [-0.3, -0.25) is 9.69 Å². The first-order valence-corrected chi connectivity index (χ1v) is 25.7. The standard InChI is InChI=1S/C51H62N8O8S/c1-32(2)39-7-5-6-8-40(39)42-31-65-22-21-58(42)37-27-51(28-37)16-19-57(20-17-51)36-9-10-41(43(25-36)67-38-24-34-13-18-52-47(34)53-29-38)49(60)56-68(63,64)45-26-44-46(48(55-45)59(61)62)54-35(30-66-44)23-33-11-14-50(3,4)15-12-33/h5-10,13,18,24-26,29,32-33,35,37,42,54H,11-12,14-17,19-23,27-28,30-31H2,1-4H3,(H,52,53)(H,56,60)/t35-,42+/m0/s1. The fourth-order valence-corrected chi connectivity index (χ4v) is 12.4. The number of hydrogen-bond acceptors (Lipinski definition) is 13. The highest BCUT2D eigenvalue weighted by atomic mass is 32.2. The first-order valence-electron chi connectivity index (χ1n) is 24.2. The Morgan fingerprint density at radius 2 is 1.79 bits per heavy atom. The third kappa shape index (κ3) is 9.36. The van der Waals surface area contributed by atoms with Crippen molar-refractivity contribution in [3.05, 3.63) is 99.9 Å². The molecule has 17 heteroatoms. The third-order valence-electron chi connectivity index (χ3n) is 15.4. The fourth-order valence-electron chi connectivity index (χ4n) is 11.5. The van der Waals surface area contributed by atoms with Crippen LogP contribution in [0, 0.1) is 26.9 Å². The number of sulfonamides is 1. The van der Waals surface area contributed by atoms with E-state index in [2.05, 4.69) is 86.8 Å².